The van der Waals surface area contributed by atoms with Crippen LogP contribution in [0.15, 0.2) is 24.3 Å². The Morgan fingerprint density at radius 3 is 2.25 bits per heavy atom. The number of nitrogens with one attached hydrogen (secondary N) is 1. The molecule has 0 aromatic heterocycles. The van der Waals surface area contributed by atoms with Crippen LogP contribution in [0.4, 0.5) is 4.39 Å². The minimum Gasteiger partial charge on any atom is -0.307 e. The molecule has 1 aromatic rings. The summed E-state index contributed by atoms with van der Waals surface area (Å²) >= 11 is 0. The summed E-state index contributed by atoms with van der Waals surface area (Å²) in [6.45, 7) is 7.34. The van der Waals surface area contributed by atoms with Crippen molar-refractivity contribution in [1.82, 2.24) is 5.32 Å². The van der Waals surface area contributed by atoms with E-state index in [1.54, 1.807) is 12.1 Å². The van der Waals surface area contributed by atoms with Crippen LogP contribution >= 0.6 is 0 Å². The zero-order valence-electron chi connectivity index (χ0n) is 10.5. The van der Waals surface area contributed by atoms with E-state index in [4.69, 9.17) is 0 Å². The molecule has 0 aliphatic heterocycles. The van der Waals surface area contributed by atoms with E-state index in [2.05, 4.69) is 26.1 Å². The topological polar surface area (TPSA) is 12.0 Å². The van der Waals surface area contributed by atoms with Crippen LogP contribution in [0.25, 0.3) is 0 Å². The molecule has 1 aromatic carbocycles. The second kappa shape index (κ2) is 6.00. The summed E-state index contributed by atoms with van der Waals surface area (Å²) in [5, 5.41) is 3.56. The SMILES string of the molecule is CCC(CC)(CC)NCc1cccc(F)c1. The van der Waals surface area contributed by atoms with Crippen molar-refractivity contribution in [3.63, 3.8) is 0 Å². The number of benzene rings is 1. The van der Waals surface area contributed by atoms with Crippen molar-refractivity contribution in [2.24, 2.45) is 0 Å². The lowest BCUT2D eigenvalue weighted by Gasteiger charge is -2.32. The van der Waals surface area contributed by atoms with E-state index in [0.717, 1.165) is 31.4 Å². The highest BCUT2D eigenvalue weighted by molar-refractivity contribution is 5.16. The van der Waals surface area contributed by atoms with Crippen molar-refractivity contribution in [3.05, 3.63) is 35.6 Å². The molecule has 0 aliphatic carbocycles. The first-order valence-electron chi connectivity index (χ1n) is 6.15. The fourth-order valence-electron chi connectivity index (χ4n) is 2.06. The first kappa shape index (κ1) is 13.2. The second-order valence-electron chi connectivity index (χ2n) is 4.32. The van der Waals surface area contributed by atoms with Gasteiger partial charge in [0.1, 0.15) is 5.82 Å². The maximum atomic E-state index is 13.0. The molecule has 16 heavy (non-hydrogen) atoms. The van der Waals surface area contributed by atoms with Gasteiger partial charge < -0.3 is 5.32 Å². The minimum absolute atomic E-state index is 0.158. The van der Waals surface area contributed by atoms with Crippen molar-refractivity contribution in [2.75, 3.05) is 0 Å². The Morgan fingerprint density at radius 1 is 1.12 bits per heavy atom. The fraction of sp³-hybridized carbons (Fsp3) is 0.571. The summed E-state index contributed by atoms with van der Waals surface area (Å²) in [6.07, 6.45) is 3.32. The fourth-order valence-corrected chi connectivity index (χ4v) is 2.06. The minimum atomic E-state index is -0.158. The van der Waals surface area contributed by atoms with E-state index in [1.807, 2.05) is 6.07 Å². The molecule has 0 saturated heterocycles. The van der Waals surface area contributed by atoms with Gasteiger partial charge in [0, 0.05) is 12.1 Å². The number of rotatable bonds is 6. The number of hydrogen-bond donors (Lipinski definition) is 1. The summed E-state index contributed by atoms with van der Waals surface area (Å²) in [4.78, 5) is 0. The highest BCUT2D eigenvalue weighted by Crippen LogP contribution is 2.20. The Balaban J connectivity index is 2.62. The summed E-state index contributed by atoms with van der Waals surface area (Å²) in [5.74, 6) is -0.158. The van der Waals surface area contributed by atoms with E-state index < -0.39 is 0 Å². The van der Waals surface area contributed by atoms with Crippen LogP contribution in [0.3, 0.4) is 0 Å². The van der Waals surface area contributed by atoms with E-state index >= 15 is 0 Å². The third-order valence-electron chi connectivity index (χ3n) is 3.59. The molecule has 0 fully saturated rings. The predicted octanol–water partition coefficient (Wildman–Crippen LogP) is 3.88. The maximum Gasteiger partial charge on any atom is 0.123 e. The molecule has 1 rings (SSSR count). The zero-order chi connectivity index (χ0) is 12.0. The molecule has 0 bridgehead atoms. The Kier molecular flexibility index (Phi) is 4.94. The van der Waals surface area contributed by atoms with E-state index in [1.165, 1.54) is 6.07 Å². The molecule has 0 radical (unpaired) electrons. The van der Waals surface area contributed by atoms with Gasteiger partial charge in [0.2, 0.25) is 0 Å². The maximum absolute atomic E-state index is 13.0. The van der Waals surface area contributed by atoms with Crippen LogP contribution in [-0.2, 0) is 6.54 Å². The molecule has 0 unspecified atom stereocenters. The van der Waals surface area contributed by atoms with Gasteiger partial charge in [-0.2, -0.15) is 0 Å². The van der Waals surface area contributed by atoms with E-state index in [-0.39, 0.29) is 11.4 Å². The van der Waals surface area contributed by atoms with Crippen molar-refractivity contribution >= 4 is 0 Å². The van der Waals surface area contributed by atoms with Crippen LogP contribution in [-0.4, -0.2) is 5.54 Å². The van der Waals surface area contributed by atoms with Gasteiger partial charge in [0.15, 0.2) is 0 Å². The summed E-state index contributed by atoms with van der Waals surface area (Å²) in [6, 6.07) is 6.80. The lowest BCUT2D eigenvalue weighted by molar-refractivity contribution is 0.288. The van der Waals surface area contributed by atoms with Crippen LogP contribution in [0.2, 0.25) is 0 Å². The van der Waals surface area contributed by atoms with Gasteiger partial charge in [-0.1, -0.05) is 32.9 Å². The van der Waals surface area contributed by atoms with Gasteiger partial charge in [-0.15, -0.1) is 0 Å². The smallest absolute Gasteiger partial charge is 0.123 e. The van der Waals surface area contributed by atoms with Crippen molar-refractivity contribution in [3.8, 4) is 0 Å². The Bertz CT molecular complexity index is 310. The first-order chi connectivity index (χ1) is 7.65. The lowest BCUT2D eigenvalue weighted by atomic mass is 9.89. The van der Waals surface area contributed by atoms with Crippen molar-refractivity contribution in [2.45, 2.75) is 52.1 Å². The molecule has 0 aliphatic rings. The van der Waals surface area contributed by atoms with Gasteiger partial charge >= 0.3 is 0 Å². The standard InChI is InChI=1S/C14H22FN/c1-4-14(5-2,6-3)16-11-12-8-7-9-13(15)10-12/h7-10,16H,4-6,11H2,1-3H3. The molecule has 0 heterocycles. The average molecular weight is 223 g/mol. The lowest BCUT2D eigenvalue weighted by Crippen LogP contribution is -2.43. The monoisotopic (exact) mass is 223 g/mol. The van der Waals surface area contributed by atoms with E-state index in [9.17, 15) is 4.39 Å². The highest BCUT2D eigenvalue weighted by Gasteiger charge is 2.22. The quantitative estimate of drug-likeness (QED) is 0.771. The van der Waals surface area contributed by atoms with Gasteiger partial charge in [-0.25, -0.2) is 4.39 Å². The summed E-state index contributed by atoms with van der Waals surface area (Å²) in [5.41, 5.74) is 1.21. The highest BCUT2D eigenvalue weighted by atomic mass is 19.1. The van der Waals surface area contributed by atoms with Gasteiger partial charge in [0.25, 0.3) is 0 Å². The van der Waals surface area contributed by atoms with Crippen LogP contribution in [0.5, 0.6) is 0 Å². The molecule has 1 N–H and O–H groups in total. The van der Waals surface area contributed by atoms with Crippen LogP contribution in [0.1, 0.15) is 45.6 Å². The molecule has 0 amide bonds. The molecule has 1 nitrogen and oxygen atoms in total. The number of hydrogen-bond acceptors (Lipinski definition) is 1. The average Bonchev–Trinajstić information content (AvgIpc) is 2.32. The molecular weight excluding hydrogens is 201 g/mol. The van der Waals surface area contributed by atoms with Crippen molar-refractivity contribution < 1.29 is 4.39 Å². The summed E-state index contributed by atoms with van der Waals surface area (Å²) in [7, 11) is 0. The molecule has 0 spiro atoms. The van der Waals surface area contributed by atoms with Crippen LogP contribution < -0.4 is 5.32 Å². The van der Waals surface area contributed by atoms with Crippen molar-refractivity contribution in [1.29, 1.82) is 0 Å². The predicted molar refractivity (Wildman–Crippen MR) is 66.8 cm³/mol. The van der Waals surface area contributed by atoms with Gasteiger partial charge in [-0.05, 0) is 37.0 Å². The largest absolute Gasteiger partial charge is 0.307 e. The summed E-state index contributed by atoms with van der Waals surface area (Å²) < 4.78 is 13.0. The Labute approximate surface area is 98.1 Å². The van der Waals surface area contributed by atoms with E-state index in [0.29, 0.717) is 0 Å². The third kappa shape index (κ3) is 3.31. The molecule has 0 saturated carbocycles. The normalized spacial score (nSPS) is 11.8. The Hall–Kier alpha value is -0.890. The second-order valence-corrected chi connectivity index (χ2v) is 4.32. The molecule has 90 valence electrons. The Morgan fingerprint density at radius 2 is 1.75 bits per heavy atom. The van der Waals surface area contributed by atoms with Crippen LogP contribution in [0, 0.1) is 5.82 Å². The first-order valence-corrected chi connectivity index (χ1v) is 6.15. The van der Waals surface area contributed by atoms with Gasteiger partial charge in [-0.3, -0.25) is 0 Å². The molecule has 2 heteroatoms. The number of halogens is 1. The molecular formula is C14H22FN. The zero-order valence-corrected chi connectivity index (χ0v) is 10.5. The molecule has 0 atom stereocenters. The van der Waals surface area contributed by atoms with Gasteiger partial charge in [0.05, 0.1) is 0 Å². The third-order valence-corrected chi connectivity index (χ3v) is 3.59.